The Labute approximate surface area is 129 Å². The van der Waals surface area contributed by atoms with Crippen LogP contribution in [0.1, 0.15) is 59.6 Å². The van der Waals surface area contributed by atoms with Crippen molar-refractivity contribution in [3.8, 4) is 5.75 Å². The summed E-state index contributed by atoms with van der Waals surface area (Å²) in [7, 11) is 1.74. The molecule has 0 heterocycles. The fourth-order valence-corrected chi connectivity index (χ4v) is 1.83. The lowest BCUT2D eigenvalue weighted by atomic mass is 9.80. The van der Waals surface area contributed by atoms with E-state index in [1.54, 1.807) is 11.9 Å². The highest BCUT2D eigenvalue weighted by molar-refractivity contribution is 5.70. The number of rotatable bonds is 2. The molecule has 0 N–H and O–H groups in total. The second-order valence-electron chi connectivity index (χ2n) is 7.63. The van der Waals surface area contributed by atoms with Crippen molar-refractivity contribution in [2.24, 2.45) is 0 Å². The maximum absolute atomic E-state index is 12.0. The van der Waals surface area contributed by atoms with Gasteiger partial charge < -0.3 is 9.64 Å². The molecule has 0 aliphatic heterocycles. The lowest BCUT2D eigenvalue weighted by Gasteiger charge is -2.26. The minimum Gasteiger partial charge on any atom is -0.410 e. The molecule has 1 aromatic carbocycles. The molecule has 0 spiro atoms. The standard InChI is InChI=1S/C18H29NO2/c1-9-19(8)16(20)21-15-11-13(17(2,3)4)10-14(12-15)18(5,6)7/h10-12H,9H2,1-8H3. The van der Waals surface area contributed by atoms with Crippen molar-refractivity contribution in [1.82, 2.24) is 4.90 Å². The summed E-state index contributed by atoms with van der Waals surface area (Å²) in [6, 6.07) is 6.15. The zero-order valence-corrected chi connectivity index (χ0v) is 14.7. The van der Waals surface area contributed by atoms with Gasteiger partial charge in [-0.25, -0.2) is 4.79 Å². The molecule has 0 unspecified atom stereocenters. The van der Waals surface area contributed by atoms with E-state index in [4.69, 9.17) is 4.74 Å². The molecule has 0 fully saturated rings. The first-order chi connectivity index (χ1) is 9.45. The minimum atomic E-state index is -0.316. The van der Waals surface area contributed by atoms with E-state index in [0.717, 1.165) is 0 Å². The van der Waals surface area contributed by atoms with E-state index >= 15 is 0 Å². The van der Waals surface area contributed by atoms with E-state index < -0.39 is 0 Å². The van der Waals surface area contributed by atoms with Crippen LogP contribution in [0.3, 0.4) is 0 Å². The third-order valence-electron chi connectivity index (χ3n) is 3.63. The molecule has 0 aliphatic rings. The molecule has 0 saturated heterocycles. The Hall–Kier alpha value is -1.51. The van der Waals surface area contributed by atoms with Gasteiger partial charge in [-0.15, -0.1) is 0 Å². The van der Waals surface area contributed by atoms with Gasteiger partial charge in [0.05, 0.1) is 0 Å². The quantitative estimate of drug-likeness (QED) is 0.788. The molecular weight excluding hydrogens is 262 g/mol. The molecule has 118 valence electrons. The number of amides is 1. The van der Waals surface area contributed by atoms with Crippen molar-refractivity contribution >= 4 is 6.09 Å². The smallest absolute Gasteiger partial charge is 0.410 e. The van der Waals surface area contributed by atoms with Crippen LogP contribution in [-0.4, -0.2) is 24.6 Å². The average molecular weight is 291 g/mol. The maximum Gasteiger partial charge on any atom is 0.414 e. The monoisotopic (exact) mass is 291 g/mol. The van der Waals surface area contributed by atoms with Crippen LogP contribution in [0.5, 0.6) is 5.75 Å². The topological polar surface area (TPSA) is 29.5 Å². The highest BCUT2D eigenvalue weighted by Gasteiger charge is 2.22. The lowest BCUT2D eigenvalue weighted by molar-refractivity contribution is 0.165. The fraction of sp³-hybridized carbons (Fsp3) is 0.611. The Kier molecular flexibility index (Phi) is 5.08. The number of ether oxygens (including phenoxy) is 1. The molecule has 0 bridgehead atoms. The molecule has 3 nitrogen and oxygen atoms in total. The summed E-state index contributed by atoms with van der Waals surface area (Å²) in [4.78, 5) is 13.5. The minimum absolute atomic E-state index is 0.0130. The van der Waals surface area contributed by atoms with Crippen LogP contribution >= 0.6 is 0 Å². The Morgan fingerprint density at radius 1 is 1.00 bits per heavy atom. The van der Waals surface area contributed by atoms with Crippen molar-refractivity contribution < 1.29 is 9.53 Å². The van der Waals surface area contributed by atoms with Crippen molar-refractivity contribution in [2.45, 2.75) is 59.3 Å². The summed E-state index contributed by atoms with van der Waals surface area (Å²) < 4.78 is 5.53. The second-order valence-corrected chi connectivity index (χ2v) is 7.63. The summed E-state index contributed by atoms with van der Waals surface area (Å²) in [5.41, 5.74) is 2.38. The number of carbonyl (C=O) groups is 1. The maximum atomic E-state index is 12.0. The zero-order chi connectivity index (χ0) is 16.4. The van der Waals surface area contributed by atoms with Gasteiger partial charge in [0.15, 0.2) is 0 Å². The molecule has 0 radical (unpaired) electrons. The van der Waals surface area contributed by atoms with E-state index in [1.165, 1.54) is 11.1 Å². The van der Waals surface area contributed by atoms with Crippen LogP contribution < -0.4 is 4.74 Å². The van der Waals surface area contributed by atoms with Crippen LogP contribution in [0.25, 0.3) is 0 Å². The van der Waals surface area contributed by atoms with Crippen LogP contribution in [0.15, 0.2) is 18.2 Å². The van der Waals surface area contributed by atoms with E-state index in [1.807, 2.05) is 19.1 Å². The number of hydrogen-bond donors (Lipinski definition) is 0. The Bertz CT molecular complexity index is 475. The Morgan fingerprint density at radius 2 is 1.43 bits per heavy atom. The van der Waals surface area contributed by atoms with Crippen molar-refractivity contribution in [3.05, 3.63) is 29.3 Å². The second kappa shape index (κ2) is 6.08. The van der Waals surface area contributed by atoms with Gasteiger partial charge in [-0.05, 0) is 41.0 Å². The largest absolute Gasteiger partial charge is 0.414 e. The molecule has 1 amide bonds. The van der Waals surface area contributed by atoms with E-state index in [9.17, 15) is 4.79 Å². The number of nitrogens with zero attached hydrogens (tertiary/aromatic N) is 1. The van der Waals surface area contributed by atoms with Gasteiger partial charge >= 0.3 is 6.09 Å². The third-order valence-corrected chi connectivity index (χ3v) is 3.63. The van der Waals surface area contributed by atoms with Crippen LogP contribution in [0.2, 0.25) is 0 Å². The average Bonchev–Trinajstić information content (AvgIpc) is 2.35. The molecule has 0 atom stereocenters. The summed E-state index contributed by atoms with van der Waals surface area (Å²) in [6.45, 7) is 15.5. The third kappa shape index (κ3) is 4.76. The lowest BCUT2D eigenvalue weighted by Crippen LogP contribution is -2.29. The van der Waals surface area contributed by atoms with Crippen LogP contribution in [-0.2, 0) is 10.8 Å². The Balaban J connectivity index is 3.23. The predicted octanol–water partition coefficient (Wildman–Crippen LogP) is 4.73. The zero-order valence-electron chi connectivity index (χ0n) is 14.7. The summed E-state index contributed by atoms with van der Waals surface area (Å²) in [5, 5.41) is 0. The summed E-state index contributed by atoms with van der Waals surface area (Å²) >= 11 is 0. The van der Waals surface area contributed by atoms with Crippen LogP contribution in [0, 0.1) is 0 Å². The molecule has 1 aromatic rings. The van der Waals surface area contributed by atoms with Gasteiger partial charge in [0.2, 0.25) is 0 Å². The molecule has 21 heavy (non-hydrogen) atoms. The van der Waals surface area contributed by atoms with Gasteiger partial charge in [0, 0.05) is 13.6 Å². The molecular formula is C18H29NO2. The van der Waals surface area contributed by atoms with Crippen molar-refractivity contribution in [1.29, 1.82) is 0 Å². The predicted molar refractivity (Wildman–Crippen MR) is 88.2 cm³/mol. The number of benzene rings is 1. The summed E-state index contributed by atoms with van der Waals surface area (Å²) in [6.07, 6.45) is -0.316. The van der Waals surface area contributed by atoms with Crippen molar-refractivity contribution in [3.63, 3.8) is 0 Å². The molecule has 1 rings (SSSR count). The molecule has 3 heteroatoms. The number of hydrogen-bond acceptors (Lipinski definition) is 2. The molecule has 0 saturated carbocycles. The van der Waals surface area contributed by atoms with Crippen LogP contribution in [0.4, 0.5) is 4.79 Å². The molecule has 0 aromatic heterocycles. The van der Waals surface area contributed by atoms with Gasteiger partial charge in [-0.1, -0.05) is 47.6 Å². The van der Waals surface area contributed by atoms with E-state index in [2.05, 4.69) is 47.6 Å². The van der Waals surface area contributed by atoms with Gasteiger partial charge in [-0.2, -0.15) is 0 Å². The first kappa shape index (κ1) is 17.5. The van der Waals surface area contributed by atoms with Gasteiger partial charge in [0.25, 0.3) is 0 Å². The van der Waals surface area contributed by atoms with Gasteiger partial charge in [0.1, 0.15) is 5.75 Å². The summed E-state index contributed by atoms with van der Waals surface area (Å²) in [5.74, 6) is 0.623. The van der Waals surface area contributed by atoms with Crippen molar-refractivity contribution in [2.75, 3.05) is 13.6 Å². The molecule has 0 aliphatic carbocycles. The number of carbonyl (C=O) groups excluding carboxylic acids is 1. The first-order valence-corrected chi connectivity index (χ1v) is 7.54. The first-order valence-electron chi connectivity index (χ1n) is 7.54. The SMILES string of the molecule is CCN(C)C(=O)Oc1cc(C(C)(C)C)cc(C(C)(C)C)c1. The van der Waals surface area contributed by atoms with E-state index in [0.29, 0.717) is 12.3 Å². The van der Waals surface area contributed by atoms with E-state index in [-0.39, 0.29) is 16.9 Å². The highest BCUT2D eigenvalue weighted by atomic mass is 16.6. The Morgan fingerprint density at radius 3 is 1.76 bits per heavy atom. The highest BCUT2D eigenvalue weighted by Crippen LogP contribution is 2.33. The normalized spacial score (nSPS) is 12.2. The van der Waals surface area contributed by atoms with Gasteiger partial charge in [-0.3, -0.25) is 0 Å². The fourth-order valence-electron chi connectivity index (χ4n) is 1.83.